The van der Waals surface area contributed by atoms with Crippen LogP contribution >= 0.6 is 15.9 Å². The highest BCUT2D eigenvalue weighted by Crippen LogP contribution is 2.03. The van der Waals surface area contributed by atoms with Gasteiger partial charge in [0.25, 0.3) is 0 Å². The Morgan fingerprint density at radius 3 is 2.17 bits per heavy atom. The van der Waals surface area contributed by atoms with E-state index in [0.29, 0.717) is 0 Å². The van der Waals surface area contributed by atoms with E-state index in [1.807, 2.05) is 12.1 Å². The van der Waals surface area contributed by atoms with Gasteiger partial charge in [0.05, 0.1) is 0 Å². The van der Waals surface area contributed by atoms with Crippen molar-refractivity contribution < 1.29 is 9.90 Å². The number of nitrogens with zero attached hydrogens (tertiary/aromatic N) is 1. The van der Waals surface area contributed by atoms with Gasteiger partial charge in [-0.3, -0.25) is 9.78 Å². The Morgan fingerprint density at radius 1 is 1.58 bits per heavy atom. The van der Waals surface area contributed by atoms with E-state index in [0.717, 1.165) is 4.47 Å². The predicted molar refractivity (Wildman–Crippen MR) is 49.9 cm³/mol. The van der Waals surface area contributed by atoms with Gasteiger partial charge in [-0.1, -0.05) is 22.9 Å². The van der Waals surface area contributed by atoms with Crippen LogP contribution in [-0.2, 0) is 4.79 Å². The lowest BCUT2D eigenvalue weighted by Gasteiger charge is -1.80. The molecule has 0 aliphatic carbocycles. The molecule has 0 radical (unpaired) electrons. The largest absolute Gasteiger partial charge is 0.481 e. The lowest BCUT2D eigenvalue weighted by Crippen LogP contribution is -1.86. The van der Waals surface area contributed by atoms with Gasteiger partial charge in [0, 0.05) is 23.3 Å². The number of carboxylic acid groups (broad SMARTS) is 1. The van der Waals surface area contributed by atoms with Crippen molar-refractivity contribution in [2.75, 3.05) is 0 Å². The summed E-state index contributed by atoms with van der Waals surface area (Å²) in [4.78, 5) is 13.2. The second-order valence-corrected chi connectivity index (χ2v) is 2.83. The smallest absolute Gasteiger partial charge is 0.303 e. The molecule has 1 rings (SSSR count). The monoisotopic (exact) mass is 231 g/mol. The zero-order valence-corrected chi connectivity index (χ0v) is 8.28. The Balaban J connectivity index is 0.000000217. The maximum atomic E-state index is 9.37. The van der Waals surface area contributed by atoms with Gasteiger partial charge in [0.2, 0.25) is 0 Å². The van der Waals surface area contributed by atoms with Crippen LogP contribution in [0.1, 0.15) is 13.3 Å². The first kappa shape index (κ1) is 11.1. The molecule has 0 unspecified atom stereocenters. The molecule has 4 heteroatoms. The third kappa shape index (κ3) is 7.21. The van der Waals surface area contributed by atoms with Gasteiger partial charge in [0.1, 0.15) is 0 Å². The van der Waals surface area contributed by atoms with Gasteiger partial charge < -0.3 is 5.11 Å². The normalized spacial score (nSPS) is 8.17. The summed E-state index contributed by atoms with van der Waals surface area (Å²) in [6, 6.07) is 3.78. The Bertz CT molecular complexity index is 226. The van der Waals surface area contributed by atoms with Crippen LogP contribution in [0, 0.1) is 0 Å². The highest BCUT2D eigenvalue weighted by molar-refractivity contribution is 9.10. The highest BCUT2D eigenvalue weighted by atomic mass is 79.9. The zero-order chi connectivity index (χ0) is 9.40. The summed E-state index contributed by atoms with van der Waals surface area (Å²) in [5, 5.41) is 7.72. The van der Waals surface area contributed by atoms with Crippen LogP contribution in [0.15, 0.2) is 29.0 Å². The fourth-order valence-corrected chi connectivity index (χ4v) is 0.570. The molecule has 66 valence electrons. The standard InChI is InChI=1S/C5H4BrN.C3H6O2/c6-5-1-3-7-4-2-5;1-2-3(4)5/h1-4H;2H2,1H3,(H,4,5). The Hall–Kier alpha value is -0.900. The van der Waals surface area contributed by atoms with Crippen molar-refractivity contribution in [1.29, 1.82) is 0 Å². The molecule has 0 spiro atoms. The predicted octanol–water partition coefficient (Wildman–Crippen LogP) is 2.33. The zero-order valence-electron chi connectivity index (χ0n) is 6.70. The van der Waals surface area contributed by atoms with Crippen molar-refractivity contribution in [2.45, 2.75) is 13.3 Å². The number of aliphatic carboxylic acids is 1. The SMILES string of the molecule is Brc1ccncc1.CCC(=O)O. The van der Waals surface area contributed by atoms with Gasteiger partial charge in [-0.05, 0) is 12.1 Å². The number of hydrogen-bond donors (Lipinski definition) is 1. The van der Waals surface area contributed by atoms with Gasteiger partial charge >= 0.3 is 5.97 Å². The topological polar surface area (TPSA) is 50.2 Å². The number of halogens is 1. The summed E-state index contributed by atoms with van der Waals surface area (Å²) >= 11 is 3.27. The third-order valence-corrected chi connectivity index (χ3v) is 1.47. The summed E-state index contributed by atoms with van der Waals surface area (Å²) in [7, 11) is 0. The molecule has 12 heavy (non-hydrogen) atoms. The van der Waals surface area contributed by atoms with E-state index in [-0.39, 0.29) is 6.42 Å². The fraction of sp³-hybridized carbons (Fsp3) is 0.250. The lowest BCUT2D eigenvalue weighted by molar-refractivity contribution is -0.136. The van der Waals surface area contributed by atoms with Crippen LogP contribution < -0.4 is 0 Å². The average molecular weight is 232 g/mol. The first-order valence-electron chi connectivity index (χ1n) is 3.44. The summed E-state index contributed by atoms with van der Waals surface area (Å²) in [5.41, 5.74) is 0. The molecule has 1 N–H and O–H groups in total. The van der Waals surface area contributed by atoms with Crippen LogP contribution in [0.25, 0.3) is 0 Å². The van der Waals surface area contributed by atoms with Crippen molar-refractivity contribution in [1.82, 2.24) is 4.98 Å². The van der Waals surface area contributed by atoms with Crippen molar-refractivity contribution in [3.05, 3.63) is 29.0 Å². The molecule has 3 nitrogen and oxygen atoms in total. The first-order chi connectivity index (χ1) is 5.66. The molecule has 0 aromatic carbocycles. The van der Waals surface area contributed by atoms with Crippen LogP contribution in [0.2, 0.25) is 0 Å². The molecule has 1 aromatic rings. The molecular weight excluding hydrogens is 222 g/mol. The van der Waals surface area contributed by atoms with E-state index in [1.165, 1.54) is 0 Å². The summed E-state index contributed by atoms with van der Waals surface area (Å²) in [6.45, 7) is 1.60. The van der Waals surface area contributed by atoms with E-state index in [9.17, 15) is 4.79 Å². The Labute approximate surface area is 79.6 Å². The van der Waals surface area contributed by atoms with Crippen LogP contribution in [0.4, 0.5) is 0 Å². The van der Waals surface area contributed by atoms with Crippen molar-refractivity contribution in [3.63, 3.8) is 0 Å². The van der Waals surface area contributed by atoms with Crippen LogP contribution in [-0.4, -0.2) is 16.1 Å². The number of carboxylic acids is 1. The molecule has 0 bridgehead atoms. The first-order valence-corrected chi connectivity index (χ1v) is 4.23. The quantitative estimate of drug-likeness (QED) is 0.808. The molecule has 0 atom stereocenters. The van der Waals surface area contributed by atoms with Gasteiger partial charge in [-0.2, -0.15) is 0 Å². The van der Waals surface area contributed by atoms with Crippen LogP contribution in [0.5, 0.6) is 0 Å². The third-order valence-electron chi connectivity index (χ3n) is 0.942. The molecule has 1 aromatic heterocycles. The summed E-state index contributed by atoms with van der Waals surface area (Å²) in [6.07, 6.45) is 3.70. The maximum absolute atomic E-state index is 9.37. The molecule has 0 aliphatic heterocycles. The molecule has 0 saturated heterocycles. The Kier molecular flexibility index (Phi) is 6.28. The lowest BCUT2D eigenvalue weighted by atomic mass is 10.5. The van der Waals surface area contributed by atoms with E-state index in [4.69, 9.17) is 5.11 Å². The second-order valence-electron chi connectivity index (χ2n) is 1.91. The van der Waals surface area contributed by atoms with E-state index in [1.54, 1.807) is 19.3 Å². The molecular formula is C8H10BrNO2. The van der Waals surface area contributed by atoms with Crippen molar-refractivity contribution in [2.24, 2.45) is 0 Å². The fourth-order valence-electron chi connectivity index (χ4n) is 0.334. The Morgan fingerprint density at radius 2 is 2.00 bits per heavy atom. The molecule has 0 amide bonds. The second kappa shape index (κ2) is 6.79. The molecule has 1 heterocycles. The van der Waals surface area contributed by atoms with Gasteiger partial charge in [-0.15, -0.1) is 0 Å². The van der Waals surface area contributed by atoms with Crippen molar-refractivity contribution in [3.8, 4) is 0 Å². The number of rotatable bonds is 1. The van der Waals surface area contributed by atoms with E-state index < -0.39 is 5.97 Å². The number of pyridine rings is 1. The average Bonchev–Trinajstić information content (AvgIpc) is 2.07. The van der Waals surface area contributed by atoms with Gasteiger partial charge in [-0.25, -0.2) is 0 Å². The summed E-state index contributed by atoms with van der Waals surface area (Å²) < 4.78 is 1.07. The number of hydrogen-bond acceptors (Lipinski definition) is 2. The number of carbonyl (C=O) groups is 1. The van der Waals surface area contributed by atoms with E-state index >= 15 is 0 Å². The maximum Gasteiger partial charge on any atom is 0.303 e. The van der Waals surface area contributed by atoms with Gasteiger partial charge in [0.15, 0.2) is 0 Å². The minimum absolute atomic E-state index is 0.222. The minimum Gasteiger partial charge on any atom is -0.481 e. The number of aromatic nitrogens is 1. The molecule has 0 saturated carbocycles. The minimum atomic E-state index is -0.745. The molecule has 0 fully saturated rings. The van der Waals surface area contributed by atoms with Crippen LogP contribution in [0.3, 0.4) is 0 Å². The summed E-state index contributed by atoms with van der Waals surface area (Å²) in [5.74, 6) is -0.745. The molecule has 0 aliphatic rings. The van der Waals surface area contributed by atoms with Crippen molar-refractivity contribution >= 4 is 21.9 Å². The van der Waals surface area contributed by atoms with E-state index in [2.05, 4.69) is 20.9 Å². The highest BCUT2D eigenvalue weighted by Gasteiger charge is 1.80.